The topological polar surface area (TPSA) is 66.8 Å². The van der Waals surface area contributed by atoms with Crippen LogP contribution < -0.4 is 0 Å². The molecule has 6 nitrogen and oxygen atoms in total. The first kappa shape index (κ1) is 13.9. The van der Waals surface area contributed by atoms with Gasteiger partial charge < -0.3 is 4.90 Å². The highest BCUT2D eigenvalue weighted by Crippen LogP contribution is 2.33. The Morgan fingerprint density at radius 3 is 3.10 bits per heavy atom. The van der Waals surface area contributed by atoms with Crippen molar-refractivity contribution >= 4 is 5.91 Å². The molecule has 2 aromatic rings. The summed E-state index contributed by atoms with van der Waals surface area (Å²) in [5.41, 5.74) is 2.69. The molecule has 0 aliphatic carbocycles. The van der Waals surface area contributed by atoms with E-state index in [1.807, 2.05) is 35.0 Å². The van der Waals surface area contributed by atoms with Crippen molar-refractivity contribution in [2.45, 2.75) is 45.7 Å². The normalized spacial score (nSPS) is 18.4. The fourth-order valence-corrected chi connectivity index (χ4v) is 2.98. The van der Waals surface area contributed by atoms with Crippen molar-refractivity contribution in [3.63, 3.8) is 0 Å². The number of H-pyrrole nitrogens is 1. The van der Waals surface area contributed by atoms with Gasteiger partial charge in [-0.1, -0.05) is 6.92 Å². The van der Waals surface area contributed by atoms with E-state index in [0.29, 0.717) is 5.69 Å². The zero-order valence-electron chi connectivity index (χ0n) is 12.5. The van der Waals surface area contributed by atoms with Crippen LogP contribution in [0.1, 0.15) is 54.0 Å². The van der Waals surface area contributed by atoms with Gasteiger partial charge in [-0.15, -0.1) is 0 Å². The predicted molar refractivity (Wildman–Crippen MR) is 78.9 cm³/mol. The fourth-order valence-electron chi connectivity index (χ4n) is 2.98. The molecule has 0 spiro atoms. The van der Waals surface area contributed by atoms with Crippen LogP contribution in [0, 0.1) is 6.92 Å². The summed E-state index contributed by atoms with van der Waals surface area (Å²) >= 11 is 0. The van der Waals surface area contributed by atoms with Crippen molar-refractivity contribution in [1.29, 1.82) is 0 Å². The number of nitrogens with one attached hydrogen (secondary N) is 1. The summed E-state index contributed by atoms with van der Waals surface area (Å²) in [4.78, 5) is 14.6. The van der Waals surface area contributed by atoms with Crippen molar-refractivity contribution in [2.75, 3.05) is 6.54 Å². The molecule has 112 valence electrons. The van der Waals surface area contributed by atoms with E-state index in [4.69, 9.17) is 0 Å². The van der Waals surface area contributed by atoms with Gasteiger partial charge in [0.15, 0.2) is 0 Å². The molecule has 21 heavy (non-hydrogen) atoms. The number of rotatable bonds is 4. The first-order valence-electron chi connectivity index (χ1n) is 7.55. The lowest BCUT2D eigenvalue weighted by Gasteiger charge is -2.23. The van der Waals surface area contributed by atoms with Gasteiger partial charge in [0.25, 0.3) is 5.91 Å². The largest absolute Gasteiger partial charge is 0.329 e. The predicted octanol–water partition coefficient (Wildman–Crippen LogP) is 2.30. The van der Waals surface area contributed by atoms with Gasteiger partial charge in [-0.05, 0) is 37.8 Å². The average Bonchev–Trinajstić information content (AvgIpc) is 3.17. The van der Waals surface area contributed by atoms with Crippen molar-refractivity contribution < 1.29 is 4.79 Å². The average molecular weight is 287 g/mol. The maximum absolute atomic E-state index is 12.7. The minimum atomic E-state index is 0.0151. The lowest BCUT2D eigenvalue weighted by molar-refractivity contribution is 0.0725. The number of hydrogen-bond acceptors (Lipinski definition) is 3. The van der Waals surface area contributed by atoms with E-state index in [1.54, 1.807) is 0 Å². The van der Waals surface area contributed by atoms with Crippen LogP contribution in [0.15, 0.2) is 18.5 Å². The molecule has 1 amide bonds. The molecule has 3 heterocycles. The third kappa shape index (κ3) is 2.57. The molecule has 1 unspecified atom stereocenters. The number of carbonyl (C=O) groups excluding carboxylic acids is 1. The molecule has 0 radical (unpaired) electrons. The second-order valence-electron chi connectivity index (χ2n) is 5.59. The second kappa shape index (κ2) is 5.71. The third-order valence-corrected chi connectivity index (χ3v) is 4.03. The van der Waals surface area contributed by atoms with Gasteiger partial charge in [0.1, 0.15) is 5.69 Å². The Morgan fingerprint density at radius 2 is 2.38 bits per heavy atom. The van der Waals surface area contributed by atoms with E-state index in [-0.39, 0.29) is 11.9 Å². The van der Waals surface area contributed by atoms with E-state index in [0.717, 1.165) is 43.6 Å². The summed E-state index contributed by atoms with van der Waals surface area (Å²) in [6.45, 7) is 5.75. The van der Waals surface area contributed by atoms with E-state index >= 15 is 0 Å². The number of carbonyl (C=O) groups is 1. The van der Waals surface area contributed by atoms with E-state index < -0.39 is 0 Å². The number of aryl methyl sites for hydroxylation is 2. The number of aromatic nitrogens is 4. The van der Waals surface area contributed by atoms with Gasteiger partial charge in [-0.25, -0.2) is 0 Å². The highest BCUT2D eigenvalue weighted by molar-refractivity contribution is 5.92. The van der Waals surface area contributed by atoms with E-state index in [9.17, 15) is 4.79 Å². The maximum Gasteiger partial charge on any atom is 0.274 e. The lowest BCUT2D eigenvalue weighted by atomic mass is 10.1. The molecule has 1 atom stereocenters. The van der Waals surface area contributed by atoms with Crippen LogP contribution in [0.25, 0.3) is 0 Å². The van der Waals surface area contributed by atoms with Gasteiger partial charge in [-0.3, -0.25) is 14.6 Å². The van der Waals surface area contributed by atoms with Crippen LogP contribution in [-0.4, -0.2) is 37.3 Å². The van der Waals surface area contributed by atoms with Crippen LogP contribution >= 0.6 is 0 Å². The second-order valence-corrected chi connectivity index (χ2v) is 5.59. The summed E-state index contributed by atoms with van der Waals surface area (Å²) in [6.07, 6.45) is 6.69. The lowest BCUT2D eigenvalue weighted by Crippen LogP contribution is -2.31. The Balaban J connectivity index is 1.81. The Morgan fingerprint density at radius 1 is 1.52 bits per heavy atom. The molecular weight excluding hydrogens is 266 g/mol. The molecule has 3 rings (SSSR count). The Hall–Kier alpha value is -2.11. The minimum Gasteiger partial charge on any atom is -0.329 e. The molecule has 0 bridgehead atoms. The molecule has 1 aliphatic heterocycles. The molecule has 1 saturated heterocycles. The molecule has 0 saturated carbocycles. The monoisotopic (exact) mass is 287 g/mol. The Bertz CT molecular complexity index is 630. The smallest absolute Gasteiger partial charge is 0.274 e. The molecule has 6 heteroatoms. The quantitative estimate of drug-likeness (QED) is 0.938. The molecule has 2 aromatic heterocycles. The number of likely N-dealkylation sites (tertiary alicyclic amines) is 1. The first-order valence-corrected chi connectivity index (χ1v) is 7.55. The van der Waals surface area contributed by atoms with Crippen LogP contribution in [0.5, 0.6) is 0 Å². The number of aromatic amines is 1. The van der Waals surface area contributed by atoms with Crippen LogP contribution in [0.3, 0.4) is 0 Å². The van der Waals surface area contributed by atoms with Gasteiger partial charge in [-0.2, -0.15) is 10.2 Å². The summed E-state index contributed by atoms with van der Waals surface area (Å²) < 4.78 is 1.83. The van der Waals surface area contributed by atoms with Crippen molar-refractivity contribution in [2.24, 2.45) is 0 Å². The zero-order chi connectivity index (χ0) is 14.8. The summed E-state index contributed by atoms with van der Waals surface area (Å²) in [5.74, 6) is 0.0151. The van der Waals surface area contributed by atoms with Crippen molar-refractivity contribution in [3.05, 3.63) is 35.4 Å². The summed E-state index contributed by atoms with van der Waals surface area (Å²) in [6, 6.07) is 1.91. The van der Waals surface area contributed by atoms with Crippen molar-refractivity contribution in [1.82, 2.24) is 24.9 Å². The highest BCUT2D eigenvalue weighted by atomic mass is 16.2. The van der Waals surface area contributed by atoms with Gasteiger partial charge in [0.05, 0.1) is 17.9 Å². The van der Waals surface area contributed by atoms with Gasteiger partial charge in [0, 0.05) is 19.3 Å². The molecular formula is C15H21N5O. The van der Waals surface area contributed by atoms with Crippen LogP contribution in [-0.2, 0) is 6.54 Å². The van der Waals surface area contributed by atoms with Gasteiger partial charge in [0.2, 0.25) is 0 Å². The Kier molecular flexibility index (Phi) is 3.77. The van der Waals surface area contributed by atoms with Gasteiger partial charge >= 0.3 is 0 Å². The number of nitrogens with zero attached hydrogens (tertiary/aromatic N) is 4. The van der Waals surface area contributed by atoms with Crippen LogP contribution in [0.2, 0.25) is 0 Å². The standard InChI is InChI=1S/C15H21N5O/c1-3-7-19-9-6-12(18-19)15(21)20-8-4-5-13(20)14-11(2)10-16-17-14/h6,9-10,13H,3-5,7-8H2,1-2H3,(H,16,17). The Labute approximate surface area is 124 Å². The maximum atomic E-state index is 12.7. The fraction of sp³-hybridized carbons (Fsp3) is 0.533. The molecule has 0 aromatic carbocycles. The van der Waals surface area contributed by atoms with Crippen LogP contribution in [0.4, 0.5) is 0 Å². The molecule has 1 N–H and O–H groups in total. The number of hydrogen-bond donors (Lipinski definition) is 1. The SMILES string of the molecule is CCCn1ccc(C(=O)N2CCCC2c2[nH]ncc2C)n1. The summed E-state index contributed by atoms with van der Waals surface area (Å²) in [7, 11) is 0. The van der Waals surface area contributed by atoms with Crippen molar-refractivity contribution in [3.8, 4) is 0 Å². The van der Waals surface area contributed by atoms with E-state index in [1.165, 1.54) is 0 Å². The minimum absolute atomic E-state index is 0.0151. The number of amides is 1. The van der Waals surface area contributed by atoms with E-state index in [2.05, 4.69) is 22.2 Å². The summed E-state index contributed by atoms with van der Waals surface area (Å²) in [5, 5.41) is 11.5. The highest BCUT2D eigenvalue weighted by Gasteiger charge is 2.33. The zero-order valence-corrected chi connectivity index (χ0v) is 12.5. The first-order chi connectivity index (χ1) is 10.2. The molecule has 1 fully saturated rings. The third-order valence-electron chi connectivity index (χ3n) is 4.03. The molecule has 1 aliphatic rings.